The molecule has 0 aliphatic heterocycles. The third-order valence-corrected chi connectivity index (χ3v) is 6.83. The van der Waals surface area contributed by atoms with Gasteiger partial charge in [-0.15, -0.1) is 0 Å². The molecule has 0 heteroatoms. The molecular formula is C16H26. The van der Waals surface area contributed by atoms with Gasteiger partial charge in [0.1, 0.15) is 0 Å². The van der Waals surface area contributed by atoms with Gasteiger partial charge in [-0.1, -0.05) is 13.3 Å². The standard InChI is InChI=1S/C16H26/c1-10-2-3-11(8-10)14-6-7-15-12-4-5-13(9-12)16(14)15/h10-16H,2-9H2,1H3. The van der Waals surface area contributed by atoms with Crippen molar-refractivity contribution in [2.45, 2.75) is 58.3 Å². The second-order valence-electron chi connectivity index (χ2n) is 7.49. The van der Waals surface area contributed by atoms with Crippen molar-refractivity contribution in [3.05, 3.63) is 0 Å². The van der Waals surface area contributed by atoms with Crippen LogP contribution in [0.4, 0.5) is 0 Å². The van der Waals surface area contributed by atoms with Gasteiger partial charge in [0.2, 0.25) is 0 Å². The zero-order valence-corrected chi connectivity index (χ0v) is 10.7. The lowest BCUT2D eigenvalue weighted by Gasteiger charge is -2.32. The number of hydrogen-bond acceptors (Lipinski definition) is 0. The summed E-state index contributed by atoms with van der Waals surface area (Å²) >= 11 is 0. The molecule has 4 saturated carbocycles. The fraction of sp³-hybridized carbons (Fsp3) is 1.00. The van der Waals surface area contributed by atoms with Crippen LogP contribution in [0.1, 0.15) is 58.3 Å². The van der Waals surface area contributed by atoms with Gasteiger partial charge in [0.05, 0.1) is 0 Å². The zero-order valence-electron chi connectivity index (χ0n) is 10.7. The molecule has 0 aromatic rings. The molecule has 0 radical (unpaired) electrons. The fourth-order valence-corrected chi connectivity index (χ4v) is 6.32. The molecule has 0 N–H and O–H groups in total. The second-order valence-corrected chi connectivity index (χ2v) is 7.49. The van der Waals surface area contributed by atoms with Crippen molar-refractivity contribution >= 4 is 0 Å². The van der Waals surface area contributed by atoms with Gasteiger partial charge in [-0.05, 0) is 86.4 Å². The smallest absolute Gasteiger partial charge is 0.0324 e. The first-order valence-corrected chi connectivity index (χ1v) is 7.83. The third kappa shape index (κ3) is 1.28. The topological polar surface area (TPSA) is 0 Å². The Morgan fingerprint density at radius 1 is 0.625 bits per heavy atom. The predicted molar refractivity (Wildman–Crippen MR) is 67.0 cm³/mol. The van der Waals surface area contributed by atoms with Crippen molar-refractivity contribution in [1.82, 2.24) is 0 Å². The highest BCUT2D eigenvalue weighted by Gasteiger charge is 2.54. The van der Waals surface area contributed by atoms with Crippen LogP contribution in [0.3, 0.4) is 0 Å². The fourth-order valence-electron chi connectivity index (χ4n) is 6.32. The average molecular weight is 218 g/mol. The molecule has 16 heavy (non-hydrogen) atoms. The van der Waals surface area contributed by atoms with Gasteiger partial charge in [-0.2, -0.15) is 0 Å². The molecule has 7 atom stereocenters. The molecule has 0 spiro atoms. The van der Waals surface area contributed by atoms with Gasteiger partial charge in [-0.3, -0.25) is 0 Å². The molecule has 0 nitrogen and oxygen atoms in total. The molecule has 2 bridgehead atoms. The lowest BCUT2D eigenvalue weighted by atomic mass is 9.73. The lowest BCUT2D eigenvalue weighted by Crippen LogP contribution is -2.26. The maximum absolute atomic E-state index is 2.48. The van der Waals surface area contributed by atoms with Crippen LogP contribution in [0.15, 0.2) is 0 Å². The van der Waals surface area contributed by atoms with Crippen molar-refractivity contribution < 1.29 is 0 Å². The summed E-state index contributed by atoms with van der Waals surface area (Å²) in [5.74, 6) is 8.11. The highest BCUT2D eigenvalue weighted by molar-refractivity contribution is 5.04. The van der Waals surface area contributed by atoms with E-state index in [0.717, 1.165) is 11.8 Å². The van der Waals surface area contributed by atoms with E-state index < -0.39 is 0 Å². The summed E-state index contributed by atoms with van der Waals surface area (Å²) in [6.07, 6.45) is 12.7. The first-order valence-electron chi connectivity index (χ1n) is 7.83. The van der Waals surface area contributed by atoms with E-state index in [1.165, 1.54) is 36.0 Å². The van der Waals surface area contributed by atoms with Gasteiger partial charge >= 0.3 is 0 Å². The molecule has 0 amide bonds. The second kappa shape index (κ2) is 3.50. The molecule has 4 aliphatic carbocycles. The lowest BCUT2D eigenvalue weighted by molar-refractivity contribution is 0.164. The summed E-state index contributed by atoms with van der Waals surface area (Å²) in [7, 11) is 0. The normalized spacial score (nSPS) is 59.4. The molecule has 4 aliphatic rings. The Kier molecular flexibility index (Phi) is 2.18. The van der Waals surface area contributed by atoms with Crippen LogP contribution >= 0.6 is 0 Å². The highest BCUT2D eigenvalue weighted by Crippen LogP contribution is 2.63. The van der Waals surface area contributed by atoms with Gasteiger partial charge < -0.3 is 0 Å². The monoisotopic (exact) mass is 218 g/mol. The number of rotatable bonds is 1. The zero-order chi connectivity index (χ0) is 10.7. The van der Waals surface area contributed by atoms with Gasteiger partial charge in [0.25, 0.3) is 0 Å². The minimum Gasteiger partial charge on any atom is -0.0625 e. The molecule has 4 fully saturated rings. The van der Waals surface area contributed by atoms with Crippen molar-refractivity contribution in [3.63, 3.8) is 0 Å². The predicted octanol–water partition coefficient (Wildman–Crippen LogP) is 4.49. The molecule has 90 valence electrons. The van der Waals surface area contributed by atoms with Crippen LogP contribution in [-0.4, -0.2) is 0 Å². The van der Waals surface area contributed by atoms with Crippen LogP contribution in [-0.2, 0) is 0 Å². The average Bonchev–Trinajstić information content (AvgIpc) is 2.97. The Morgan fingerprint density at radius 2 is 1.25 bits per heavy atom. The highest BCUT2D eigenvalue weighted by atomic mass is 14.6. The van der Waals surface area contributed by atoms with Crippen LogP contribution in [0.25, 0.3) is 0 Å². The van der Waals surface area contributed by atoms with E-state index in [-0.39, 0.29) is 0 Å². The van der Waals surface area contributed by atoms with E-state index in [4.69, 9.17) is 0 Å². The summed E-state index contributed by atoms with van der Waals surface area (Å²) in [5.41, 5.74) is 0. The van der Waals surface area contributed by atoms with Gasteiger partial charge in [0, 0.05) is 0 Å². The van der Waals surface area contributed by atoms with Crippen LogP contribution in [0, 0.1) is 41.4 Å². The molecular weight excluding hydrogens is 192 g/mol. The summed E-state index contributed by atoms with van der Waals surface area (Å²) in [6, 6.07) is 0. The molecule has 0 saturated heterocycles. The largest absolute Gasteiger partial charge is 0.0625 e. The molecule has 0 heterocycles. The Morgan fingerprint density at radius 3 is 1.94 bits per heavy atom. The first-order chi connectivity index (χ1) is 7.83. The van der Waals surface area contributed by atoms with Crippen LogP contribution in [0.2, 0.25) is 0 Å². The van der Waals surface area contributed by atoms with Gasteiger partial charge in [0.15, 0.2) is 0 Å². The molecule has 0 aromatic heterocycles. The van der Waals surface area contributed by atoms with Crippen molar-refractivity contribution in [3.8, 4) is 0 Å². The maximum Gasteiger partial charge on any atom is -0.0324 e. The Hall–Kier alpha value is 0. The summed E-state index contributed by atoms with van der Waals surface area (Å²) in [5, 5.41) is 0. The minimum atomic E-state index is 1.04. The summed E-state index contributed by atoms with van der Waals surface area (Å²) in [6.45, 7) is 2.48. The summed E-state index contributed by atoms with van der Waals surface area (Å²) < 4.78 is 0. The summed E-state index contributed by atoms with van der Waals surface area (Å²) in [4.78, 5) is 0. The third-order valence-electron chi connectivity index (χ3n) is 6.83. The van der Waals surface area contributed by atoms with Crippen molar-refractivity contribution in [2.75, 3.05) is 0 Å². The van der Waals surface area contributed by atoms with Crippen LogP contribution in [0.5, 0.6) is 0 Å². The van der Waals surface area contributed by atoms with Crippen LogP contribution < -0.4 is 0 Å². The molecule has 4 rings (SSSR count). The minimum absolute atomic E-state index is 1.04. The maximum atomic E-state index is 2.48. The SMILES string of the molecule is CC1CCC(C2CCC3C4CCC(C4)C23)C1. The van der Waals surface area contributed by atoms with E-state index >= 15 is 0 Å². The Labute approximate surface area is 100 Å². The van der Waals surface area contributed by atoms with Crippen molar-refractivity contribution in [1.29, 1.82) is 0 Å². The van der Waals surface area contributed by atoms with E-state index in [9.17, 15) is 0 Å². The number of hydrogen-bond donors (Lipinski definition) is 0. The van der Waals surface area contributed by atoms with Crippen molar-refractivity contribution in [2.24, 2.45) is 41.4 Å². The first kappa shape index (κ1) is 9.97. The van der Waals surface area contributed by atoms with E-state index in [1.807, 2.05) is 0 Å². The molecule has 7 unspecified atom stereocenters. The quantitative estimate of drug-likeness (QED) is 0.608. The Bertz CT molecular complexity index is 282. The van der Waals surface area contributed by atoms with E-state index in [0.29, 0.717) is 0 Å². The van der Waals surface area contributed by atoms with E-state index in [1.54, 1.807) is 44.9 Å². The number of fused-ring (bicyclic) bond motifs is 5. The Balaban J connectivity index is 1.54. The van der Waals surface area contributed by atoms with Gasteiger partial charge in [-0.25, -0.2) is 0 Å². The van der Waals surface area contributed by atoms with E-state index in [2.05, 4.69) is 6.92 Å². The molecule has 0 aromatic carbocycles.